The van der Waals surface area contributed by atoms with Crippen LogP contribution in [0.4, 0.5) is 0 Å². The molecular weight excluding hydrogens is 334 g/mol. The lowest BCUT2D eigenvalue weighted by atomic mass is 10.1. The molecule has 26 heavy (non-hydrogen) atoms. The highest BCUT2D eigenvalue weighted by Crippen LogP contribution is 2.27. The Morgan fingerprint density at radius 3 is 2.81 bits per heavy atom. The minimum Gasteiger partial charge on any atom is -0.493 e. The minimum absolute atomic E-state index is 0.0896. The topological polar surface area (TPSA) is 85.3 Å². The molecule has 0 aliphatic carbocycles. The number of aromatic nitrogens is 4. The number of ether oxygens (including phenoxy) is 2. The molecule has 3 heterocycles. The van der Waals surface area contributed by atoms with Crippen molar-refractivity contribution in [3.05, 3.63) is 60.2 Å². The van der Waals surface area contributed by atoms with Crippen molar-refractivity contribution in [2.75, 3.05) is 20.2 Å². The van der Waals surface area contributed by atoms with Gasteiger partial charge in [-0.25, -0.2) is 0 Å². The second kappa shape index (κ2) is 6.91. The first-order valence-electron chi connectivity index (χ1n) is 8.33. The molecule has 1 N–H and O–H groups in total. The van der Waals surface area contributed by atoms with Crippen LogP contribution in [0.3, 0.4) is 0 Å². The lowest BCUT2D eigenvalue weighted by molar-refractivity contribution is 0.0495. The van der Waals surface area contributed by atoms with Crippen molar-refractivity contribution < 1.29 is 14.3 Å². The Morgan fingerprint density at radius 1 is 1.27 bits per heavy atom. The smallest absolute Gasteiger partial charge is 0.274 e. The van der Waals surface area contributed by atoms with Gasteiger partial charge in [0.05, 0.1) is 18.8 Å². The van der Waals surface area contributed by atoms with E-state index in [0.29, 0.717) is 30.3 Å². The third-order valence-corrected chi connectivity index (χ3v) is 4.35. The van der Waals surface area contributed by atoms with Crippen molar-refractivity contribution in [1.82, 2.24) is 24.9 Å². The van der Waals surface area contributed by atoms with Crippen molar-refractivity contribution >= 4 is 5.91 Å². The Kier molecular flexibility index (Phi) is 4.30. The van der Waals surface area contributed by atoms with E-state index >= 15 is 0 Å². The summed E-state index contributed by atoms with van der Waals surface area (Å²) in [5, 5.41) is 11.2. The largest absolute Gasteiger partial charge is 0.493 e. The summed E-state index contributed by atoms with van der Waals surface area (Å²) in [4.78, 5) is 14.2. The molecule has 0 atom stereocenters. The number of carbonyl (C=O) groups excluding carboxylic acids is 1. The molecule has 1 aliphatic heterocycles. The fraction of sp³-hybridized carbons (Fsp3) is 0.278. The lowest BCUT2D eigenvalue weighted by Crippen LogP contribution is -2.50. The van der Waals surface area contributed by atoms with E-state index in [1.807, 2.05) is 41.2 Å². The molecule has 0 bridgehead atoms. The fourth-order valence-electron chi connectivity index (χ4n) is 2.89. The third-order valence-electron chi connectivity index (χ3n) is 4.35. The van der Waals surface area contributed by atoms with E-state index in [9.17, 15) is 4.79 Å². The highest BCUT2D eigenvalue weighted by molar-refractivity contribution is 5.93. The minimum atomic E-state index is -0.0896. The van der Waals surface area contributed by atoms with Crippen LogP contribution in [0.2, 0.25) is 0 Å². The van der Waals surface area contributed by atoms with Crippen molar-refractivity contribution in [2.45, 2.75) is 12.6 Å². The van der Waals surface area contributed by atoms with Crippen LogP contribution in [-0.2, 0) is 6.61 Å². The molecule has 8 nitrogen and oxygen atoms in total. The summed E-state index contributed by atoms with van der Waals surface area (Å²) in [6, 6.07) is 11.3. The van der Waals surface area contributed by atoms with Crippen LogP contribution in [-0.4, -0.2) is 51.0 Å². The lowest BCUT2D eigenvalue weighted by Gasteiger charge is -2.38. The average molecular weight is 353 g/mol. The number of H-pyrrole nitrogens is 1. The Labute approximate surface area is 150 Å². The van der Waals surface area contributed by atoms with Crippen molar-refractivity contribution in [3.8, 4) is 11.5 Å². The summed E-state index contributed by atoms with van der Waals surface area (Å²) in [5.41, 5.74) is 1.12. The third kappa shape index (κ3) is 3.13. The molecule has 8 heteroatoms. The van der Waals surface area contributed by atoms with Crippen LogP contribution < -0.4 is 9.47 Å². The summed E-state index contributed by atoms with van der Waals surface area (Å²) in [6.45, 7) is 1.55. The summed E-state index contributed by atoms with van der Waals surface area (Å²) in [6.07, 6.45) is 3.65. The van der Waals surface area contributed by atoms with Gasteiger partial charge >= 0.3 is 0 Å². The van der Waals surface area contributed by atoms with Crippen LogP contribution >= 0.6 is 0 Å². The number of likely N-dealkylation sites (tertiary alicyclic amines) is 1. The molecule has 0 unspecified atom stereocenters. The first-order valence-corrected chi connectivity index (χ1v) is 8.33. The number of nitrogens with one attached hydrogen (secondary N) is 1. The van der Waals surface area contributed by atoms with Crippen LogP contribution in [0.1, 0.15) is 22.2 Å². The Morgan fingerprint density at radius 2 is 2.08 bits per heavy atom. The number of methoxy groups -OCH3 is 1. The Hall–Kier alpha value is -3.29. The highest BCUT2D eigenvalue weighted by atomic mass is 16.5. The quantitative estimate of drug-likeness (QED) is 0.731. The van der Waals surface area contributed by atoms with Gasteiger partial charge in [-0.05, 0) is 24.3 Å². The molecule has 4 rings (SSSR count). The van der Waals surface area contributed by atoms with Gasteiger partial charge in [-0.2, -0.15) is 10.2 Å². The monoisotopic (exact) mass is 353 g/mol. The summed E-state index contributed by atoms with van der Waals surface area (Å²) >= 11 is 0. The van der Waals surface area contributed by atoms with Gasteiger partial charge in [-0.3, -0.25) is 14.6 Å². The van der Waals surface area contributed by atoms with Crippen molar-refractivity contribution in [3.63, 3.8) is 0 Å². The Bertz CT molecular complexity index is 884. The maximum atomic E-state index is 12.5. The van der Waals surface area contributed by atoms with Crippen molar-refractivity contribution in [1.29, 1.82) is 0 Å². The van der Waals surface area contributed by atoms with E-state index in [-0.39, 0.29) is 18.6 Å². The second-order valence-corrected chi connectivity index (χ2v) is 6.07. The zero-order valence-electron chi connectivity index (χ0n) is 14.3. The number of benzene rings is 1. The zero-order valence-corrected chi connectivity index (χ0v) is 14.3. The fourth-order valence-corrected chi connectivity index (χ4v) is 2.89. The second-order valence-electron chi connectivity index (χ2n) is 6.07. The molecule has 0 saturated carbocycles. The molecule has 0 spiro atoms. The zero-order chi connectivity index (χ0) is 17.9. The SMILES string of the molecule is COc1ccccc1OCc1cc(C(=O)N2CC(n3cccn3)C2)n[nH]1. The molecule has 0 radical (unpaired) electrons. The summed E-state index contributed by atoms with van der Waals surface area (Å²) < 4.78 is 12.9. The highest BCUT2D eigenvalue weighted by Gasteiger charge is 2.33. The molecule has 1 aromatic carbocycles. The molecule has 2 aromatic heterocycles. The number of nitrogens with zero attached hydrogens (tertiary/aromatic N) is 4. The number of amides is 1. The van der Waals surface area contributed by atoms with Gasteiger partial charge < -0.3 is 14.4 Å². The Balaban J connectivity index is 1.34. The maximum Gasteiger partial charge on any atom is 0.274 e. The molecule has 3 aromatic rings. The van der Waals surface area contributed by atoms with Crippen LogP contribution in [0.15, 0.2) is 48.8 Å². The van der Waals surface area contributed by atoms with E-state index in [0.717, 1.165) is 5.69 Å². The van der Waals surface area contributed by atoms with Crippen molar-refractivity contribution in [2.24, 2.45) is 0 Å². The first-order chi connectivity index (χ1) is 12.7. The normalized spacial score (nSPS) is 14.1. The molecule has 134 valence electrons. The molecular formula is C18H19N5O3. The van der Waals surface area contributed by atoms with Gasteiger partial charge in [0.1, 0.15) is 6.61 Å². The van der Waals surface area contributed by atoms with E-state index in [1.54, 1.807) is 24.3 Å². The molecule has 1 aliphatic rings. The van der Waals surface area contributed by atoms with Gasteiger partial charge in [-0.15, -0.1) is 0 Å². The number of para-hydroxylation sites is 2. The van der Waals surface area contributed by atoms with Gasteiger partial charge in [-0.1, -0.05) is 12.1 Å². The van der Waals surface area contributed by atoms with Gasteiger partial charge in [0.15, 0.2) is 17.2 Å². The number of hydrogen-bond donors (Lipinski definition) is 1. The molecule has 1 fully saturated rings. The first kappa shape index (κ1) is 16.2. The standard InChI is InChI=1S/C18H19N5O3/c1-25-16-5-2-3-6-17(16)26-12-13-9-15(21-20-13)18(24)22-10-14(11-22)23-8-4-7-19-23/h2-9,14H,10-12H2,1H3,(H,20,21). The molecule has 1 amide bonds. The molecule has 1 saturated heterocycles. The number of carbonyl (C=O) groups is 1. The number of hydrogen-bond acceptors (Lipinski definition) is 5. The predicted octanol–water partition coefficient (Wildman–Crippen LogP) is 1.89. The average Bonchev–Trinajstić information content (AvgIpc) is 3.31. The number of aromatic amines is 1. The summed E-state index contributed by atoms with van der Waals surface area (Å²) in [5.74, 6) is 1.21. The predicted molar refractivity (Wildman–Crippen MR) is 93.1 cm³/mol. The van der Waals surface area contributed by atoms with E-state index in [2.05, 4.69) is 15.3 Å². The van der Waals surface area contributed by atoms with Gasteiger partial charge in [0, 0.05) is 25.5 Å². The van der Waals surface area contributed by atoms with E-state index in [1.165, 1.54) is 0 Å². The van der Waals surface area contributed by atoms with E-state index < -0.39 is 0 Å². The van der Waals surface area contributed by atoms with Crippen LogP contribution in [0.25, 0.3) is 0 Å². The number of rotatable bonds is 6. The van der Waals surface area contributed by atoms with E-state index in [4.69, 9.17) is 9.47 Å². The van der Waals surface area contributed by atoms with Gasteiger partial charge in [0.2, 0.25) is 0 Å². The van der Waals surface area contributed by atoms with Gasteiger partial charge in [0.25, 0.3) is 5.91 Å². The van der Waals surface area contributed by atoms with Crippen LogP contribution in [0.5, 0.6) is 11.5 Å². The maximum absolute atomic E-state index is 12.5. The summed E-state index contributed by atoms with van der Waals surface area (Å²) in [7, 11) is 1.60. The van der Waals surface area contributed by atoms with Crippen LogP contribution in [0, 0.1) is 0 Å².